The maximum atomic E-state index is 12.0. The van der Waals surface area contributed by atoms with Crippen molar-refractivity contribution >= 4 is 23.4 Å². The molecule has 3 rings (SSSR count). The van der Waals surface area contributed by atoms with Crippen LogP contribution in [0.4, 0.5) is 5.82 Å². The molecule has 1 aliphatic heterocycles. The summed E-state index contributed by atoms with van der Waals surface area (Å²) in [6.07, 6.45) is 4.85. The van der Waals surface area contributed by atoms with Gasteiger partial charge in [-0.05, 0) is 19.9 Å². The zero-order valence-electron chi connectivity index (χ0n) is 10.5. The summed E-state index contributed by atoms with van der Waals surface area (Å²) in [5, 5.41) is 12.7. The number of nitrogens with one attached hydrogen (secondary N) is 2. The third-order valence-corrected chi connectivity index (χ3v) is 3.15. The molecule has 0 aromatic carbocycles. The van der Waals surface area contributed by atoms with Gasteiger partial charge in [-0.25, -0.2) is 9.97 Å². The Morgan fingerprint density at radius 1 is 1.37 bits per heavy atom. The summed E-state index contributed by atoms with van der Waals surface area (Å²) >= 11 is 0. The van der Waals surface area contributed by atoms with Crippen LogP contribution >= 0.6 is 0 Å². The van der Waals surface area contributed by atoms with E-state index in [1.807, 2.05) is 0 Å². The van der Waals surface area contributed by atoms with E-state index in [1.54, 1.807) is 26.1 Å². The van der Waals surface area contributed by atoms with Crippen LogP contribution in [-0.2, 0) is 4.79 Å². The molecule has 0 bridgehead atoms. The van der Waals surface area contributed by atoms with Gasteiger partial charge in [0.1, 0.15) is 11.6 Å². The number of H-pyrrole nitrogens is 1. The molecule has 0 radical (unpaired) electrons. The molecule has 2 aromatic rings. The van der Waals surface area contributed by atoms with Gasteiger partial charge in [0.25, 0.3) is 5.91 Å². The smallest absolute Gasteiger partial charge is 0.257 e. The van der Waals surface area contributed by atoms with E-state index in [0.717, 1.165) is 5.69 Å². The number of amides is 1. The molecule has 0 unspecified atom stereocenters. The summed E-state index contributed by atoms with van der Waals surface area (Å²) in [6, 6.07) is 0. The molecule has 0 saturated heterocycles. The van der Waals surface area contributed by atoms with E-state index in [9.17, 15) is 9.90 Å². The number of hydrogen-bond acceptors (Lipinski definition) is 4. The predicted octanol–water partition coefficient (Wildman–Crippen LogP) is 1.62. The summed E-state index contributed by atoms with van der Waals surface area (Å²) in [4.78, 5) is 23.0. The minimum atomic E-state index is -0.231. The topological polar surface area (TPSA) is 90.9 Å². The van der Waals surface area contributed by atoms with Gasteiger partial charge in [0.15, 0.2) is 0 Å². The zero-order valence-corrected chi connectivity index (χ0v) is 10.5. The van der Waals surface area contributed by atoms with Gasteiger partial charge in [-0.2, -0.15) is 0 Å². The van der Waals surface area contributed by atoms with Gasteiger partial charge in [0, 0.05) is 11.1 Å². The molecule has 96 valence electrons. The normalized spacial score (nSPS) is 15.7. The summed E-state index contributed by atoms with van der Waals surface area (Å²) in [5.41, 5.74) is 2.98. The van der Waals surface area contributed by atoms with Crippen molar-refractivity contribution in [1.29, 1.82) is 0 Å². The Morgan fingerprint density at radius 3 is 2.84 bits per heavy atom. The molecular weight excluding hydrogens is 244 g/mol. The minimum Gasteiger partial charge on any atom is -0.506 e. The first-order valence-electron chi connectivity index (χ1n) is 5.80. The average molecular weight is 256 g/mol. The van der Waals surface area contributed by atoms with Gasteiger partial charge in [-0.15, -0.1) is 0 Å². The van der Waals surface area contributed by atoms with Gasteiger partial charge in [0.2, 0.25) is 0 Å². The van der Waals surface area contributed by atoms with Gasteiger partial charge >= 0.3 is 0 Å². The highest BCUT2D eigenvalue weighted by Gasteiger charge is 2.29. The first-order chi connectivity index (χ1) is 9.08. The zero-order chi connectivity index (χ0) is 13.6. The lowest BCUT2D eigenvalue weighted by Crippen LogP contribution is -2.04. The molecule has 3 N–H and O–H groups in total. The fraction of sp³-hybridized carbons (Fsp3) is 0.154. The summed E-state index contributed by atoms with van der Waals surface area (Å²) in [5.74, 6) is 0.375. The number of aromatic hydroxyl groups is 1. The Kier molecular flexibility index (Phi) is 2.38. The van der Waals surface area contributed by atoms with E-state index in [-0.39, 0.29) is 11.7 Å². The SMILES string of the molecule is Cc1nc2c(c(C)c1O)/C(=C/c1cnc[nH]1)C(=O)N2. The Balaban J connectivity index is 2.22. The molecule has 0 spiro atoms. The number of aromatic nitrogens is 3. The first kappa shape index (κ1) is 11.5. The van der Waals surface area contributed by atoms with E-state index in [1.165, 1.54) is 6.33 Å². The van der Waals surface area contributed by atoms with Crippen LogP contribution in [-0.4, -0.2) is 26.0 Å². The molecule has 6 heteroatoms. The highest BCUT2D eigenvalue weighted by atomic mass is 16.3. The standard InChI is InChI=1S/C13H12N4O2/c1-6-10-9(3-8-4-14-5-15-8)13(19)17-12(10)16-7(2)11(6)18/h3-5,18H,1-2H3,(H,14,15)(H,16,17,19)/b9-3-. The van der Waals surface area contributed by atoms with Crippen molar-refractivity contribution in [2.24, 2.45) is 0 Å². The molecule has 0 saturated carbocycles. The molecule has 2 aromatic heterocycles. The fourth-order valence-electron chi connectivity index (χ4n) is 2.19. The number of imidazole rings is 1. The molecule has 1 amide bonds. The maximum absolute atomic E-state index is 12.0. The van der Waals surface area contributed by atoms with Crippen molar-refractivity contribution in [3.05, 3.63) is 35.0 Å². The summed E-state index contributed by atoms with van der Waals surface area (Å²) in [6.45, 7) is 3.47. The number of carbonyl (C=O) groups excluding carboxylic acids is 1. The van der Waals surface area contributed by atoms with Crippen molar-refractivity contribution in [3.63, 3.8) is 0 Å². The highest BCUT2D eigenvalue weighted by Crippen LogP contribution is 2.38. The van der Waals surface area contributed by atoms with E-state index >= 15 is 0 Å². The summed E-state index contributed by atoms with van der Waals surface area (Å²) < 4.78 is 0. The molecule has 6 nitrogen and oxygen atoms in total. The molecule has 3 heterocycles. The third kappa shape index (κ3) is 1.69. The Hall–Kier alpha value is -2.63. The molecule has 1 aliphatic rings. The predicted molar refractivity (Wildman–Crippen MR) is 70.5 cm³/mol. The summed E-state index contributed by atoms with van der Waals surface area (Å²) in [7, 11) is 0. The number of aryl methyl sites for hydroxylation is 1. The van der Waals surface area contributed by atoms with Crippen LogP contribution < -0.4 is 5.32 Å². The van der Waals surface area contributed by atoms with Crippen LogP contribution in [0, 0.1) is 13.8 Å². The number of aromatic amines is 1. The number of hydrogen-bond donors (Lipinski definition) is 3. The van der Waals surface area contributed by atoms with Crippen LogP contribution in [0.1, 0.15) is 22.5 Å². The second-order valence-corrected chi connectivity index (χ2v) is 4.41. The number of anilines is 1. The highest BCUT2D eigenvalue weighted by molar-refractivity contribution is 6.34. The van der Waals surface area contributed by atoms with Gasteiger partial charge in [0.05, 0.1) is 29.5 Å². The lowest BCUT2D eigenvalue weighted by atomic mass is 10.0. The molecule has 19 heavy (non-hydrogen) atoms. The number of pyridine rings is 1. The second-order valence-electron chi connectivity index (χ2n) is 4.41. The van der Waals surface area contributed by atoms with Crippen molar-refractivity contribution in [2.75, 3.05) is 5.32 Å². The largest absolute Gasteiger partial charge is 0.506 e. The van der Waals surface area contributed by atoms with Crippen LogP contribution in [0.5, 0.6) is 5.75 Å². The third-order valence-electron chi connectivity index (χ3n) is 3.15. The number of fused-ring (bicyclic) bond motifs is 1. The number of carbonyl (C=O) groups is 1. The van der Waals surface area contributed by atoms with Crippen molar-refractivity contribution in [2.45, 2.75) is 13.8 Å². The first-order valence-corrected chi connectivity index (χ1v) is 5.80. The second kappa shape index (κ2) is 3.94. The number of rotatable bonds is 1. The van der Waals surface area contributed by atoms with Gasteiger partial charge < -0.3 is 15.4 Å². The van der Waals surface area contributed by atoms with Crippen molar-refractivity contribution in [3.8, 4) is 5.75 Å². The van der Waals surface area contributed by atoms with Crippen molar-refractivity contribution < 1.29 is 9.90 Å². The maximum Gasteiger partial charge on any atom is 0.257 e. The van der Waals surface area contributed by atoms with E-state index in [4.69, 9.17) is 0 Å². The fourth-order valence-corrected chi connectivity index (χ4v) is 2.19. The van der Waals surface area contributed by atoms with Crippen LogP contribution in [0.2, 0.25) is 0 Å². The average Bonchev–Trinajstić information content (AvgIpc) is 2.97. The lowest BCUT2D eigenvalue weighted by molar-refractivity contribution is -0.110. The van der Waals surface area contributed by atoms with Crippen LogP contribution in [0.15, 0.2) is 12.5 Å². The van der Waals surface area contributed by atoms with Crippen molar-refractivity contribution in [1.82, 2.24) is 15.0 Å². The monoisotopic (exact) mass is 256 g/mol. The van der Waals surface area contributed by atoms with E-state index in [2.05, 4.69) is 20.3 Å². The van der Waals surface area contributed by atoms with Crippen LogP contribution in [0.25, 0.3) is 11.6 Å². The number of nitrogens with zero attached hydrogens (tertiary/aromatic N) is 2. The van der Waals surface area contributed by atoms with E-state index < -0.39 is 0 Å². The Labute approximate surface area is 109 Å². The van der Waals surface area contributed by atoms with Gasteiger partial charge in [-0.1, -0.05) is 0 Å². The minimum absolute atomic E-state index is 0.116. The Morgan fingerprint density at radius 2 is 2.16 bits per heavy atom. The molecule has 0 aliphatic carbocycles. The lowest BCUT2D eigenvalue weighted by Gasteiger charge is -2.07. The van der Waals surface area contributed by atoms with E-state index in [0.29, 0.717) is 28.2 Å². The van der Waals surface area contributed by atoms with Gasteiger partial charge in [-0.3, -0.25) is 4.79 Å². The molecule has 0 fully saturated rings. The molecule has 0 atom stereocenters. The quantitative estimate of drug-likeness (QED) is 0.676. The Bertz CT molecular complexity index is 702. The van der Waals surface area contributed by atoms with Crippen LogP contribution in [0.3, 0.4) is 0 Å². The molecular formula is C13H12N4O2.